The smallest absolute Gasteiger partial charge is 0.459 e. The second kappa shape index (κ2) is 4.08. The summed E-state index contributed by atoms with van der Waals surface area (Å²) in [6.07, 6.45) is -4.98. The molecular weight excluding hydrogens is 208 g/mol. The first-order chi connectivity index (χ1) is 5.63. The van der Waals surface area contributed by atoms with Crippen molar-refractivity contribution in [3.8, 4) is 0 Å². The van der Waals surface area contributed by atoms with Crippen LogP contribution in [0.5, 0.6) is 0 Å². The molecule has 0 aromatic heterocycles. The zero-order valence-electron chi connectivity index (χ0n) is 7.24. The van der Waals surface area contributed by atoms with E-state index in [4.69, 9.17) is 0 Å². The molecule has 78 valence electrons. The number of alkyl halides is 3. The van der Waals surface area contributed by atoms with Crippen LogP contribution in [-0.4, -0.2) is 27.2 Å². The Morgan fingerprint density at radius 2 is 1.85 bits per heavy atom. The van der Waals surface area contributed by atoms with Crippen molar-refractivity contribution >= 4 is 14.4 Å². The summed E-state index contributed by atoms with van der Waals surface area (Å²) in [6, 6.07) is -0.116. The van der Waals surface area contributed by atoms with Gasteiger partial charge in [-0.05, 0) is 13.1 Å². The Hall–Kier alpha value is -0.593. The Kier molecular flexibility index (Phi) is 3.89. The van der Waals surface area contributed by atoms with Crippen LogP contribution >= 0.6 is 0 Å². The maximum absolute atomic E-state index is 12.8. The van der Waals surface area contributed by atoms with Gasteiger partial charge in [0.15, 0.2) is 0 Å². The fraction of sp³-hybridized carbons (Fsp3) is 0.833. The Morgan fingerprint density at radius 3 is 2.15 bits per heavy atom. The summed E-state index contributed by atoms with van der Waals surface area (Å²) in [6.45, 7) is 2.15. The van der Waals surface area contributed by atoms with E-state index >= 15 is 0 Å². The predicted molar refractivity (Wildman–Crippen MR) is 40.4 cm³/mol. The van der Waals surface area contributed by atoms with E-state index in [9.17, 15) is 22.1 Å². The molecular formula is C6H10F4O2Si. The fourth-order valence-electron chi connectivity index (χ4n) is 0.468. The van der Waals surface area contributed by atoms with Gasteiger partial charge in [0.1, 0.15) is 0 Å². The lowest BCUT2D eigenvalue weighted by molar-refractivity contribution is -0.199. The summed E-state index contributed by atoms with van der Waals surface area (Å²) < 4.78 is 51.2. The monoisotopic (exact) mass is 218 g/mol. The van der Waals surface area contributed by atoms with Crippen molar-refractivity contribution in [3.63, 3.8) is 0 Å². The summed E-state index contributed by atoms with van der Waals surface area (Å²) >= 11 is 0. The third-order valence-corrected chi connectivity index (χ3v) is 2.55. The molecule has 0 N–H and O–H groups in total. The van der Waals surface area contributed by atoms with Crippen LogP contribution in [0.1, 0.15) is 0 Å². The molecule has 13 heavy (non-hydrogen) atoms. The molecule has 0 aliphatic heterocycles. The topological polar surface area (TPSA) is 26.3 Å². The second-order valence-corrected chi connectivity index (χ2v) is 7.04. The van der Waals surface area contributed by atoms with Gasteiger partial charge in [0.2, 0.25) is 8.41 Å². The first-order valence-corrected chi connectivity index (χ1v) is 6.64. The van der Waals surface area contributed by atoms with E-state index < -0.39 is 27.2 Å². The van der Waals surface area contributed by atoms with Crippen LogP contribution in [0.25, 0.3) is 0 Å². The molecule has 0 fully saturated rings. The molecule has 2 nitrogen and oxygen atoms in total. The van der Waals surface area contributed by atoms with Crippen molar-refractivity contribution < 1.29 is 26.8 Å². The first kappa shape index (κ1) is 12.4. The van der Waals surface area contributed by atoms with Gasteiger partial charge >= 0.3 is 12.1 Å². The lowest BCUT2D eigenvalue weighted by atomic mass is 10.6. The molecule has 0 aromatic rings. The van der Waals surface area contributed by atoms with Crippen LogP contribution in [0, 0.1) is 0 Å². The molecule has 0 aliphatic carbocycles. The number of halogens is 4. The lowest BCUT2D eigenvalue weighted by Gasteiger charge is -2.11. The van der Waals surface area contributed by atoms with E-state index in [-0.39, 0.29) is 6.04 Å². The van der Waals surface area contributed by atoms with Gasteiger partial charge in [-0.1, -0.05) is 0 Å². The van der Waals surface area contributed by atoms with Gasteiger partial charge in [0.25, 0.3) is 0 Å². The number of rotatable bonds is 3. The molecule has 0 aromatic carbocycles. The molecule has 0 saturated carbocycles. The van der Waals surface area contributed by atoms with Crippen LogP contribution in [0.15, 0.2) is 0 Å². The summed E-state index contributed by atoms with van der Waals surface area (Å²) in [7, 11) is -2.93. The quantitative estimate of drug-likeness (QED) is 0.314. The molecule has 0 amide bonds. The molecule has 0 radical (unpaired) electrons. The number of esters is 1. The Labute approximate surface area is 74.1 Å². The largest absolute Gasteiger partial charge is 0.490 e. The van der Waals surface area contributed by atoms with Crippen molar-refractivity contribution in [2.24, 2.45) is 0 Å². The zero-order valence-corrected chi connectivity index (χ0v) is 8.24. The molecule has 0 rings (SSSR count). The molecule has 0 bridgehead atoms. The van der Waals surface area contributed by atoms with E-state index in [1.807, 2.05) is 0 Å². The standard InChI is InChI=1S/C6H10F4O2Si/c1-13(2,10)4-3-12-5(11)6(7,8)9/h3-4H2,1-2H3. The highest BCUT2D eigenvalue weighted by atomic mass is 28.4. The lowest BCUT2D eigenvalue weighted by Crippen LogP contribution is -2.28. The Morgan fingerprint density at radius 1 is 1.38 bits per heavy atom. The van der Waals surface area contributed by atoms with Crippen molar-refractivity contribution in [1.82, 2.24) is 0 Å². The maximum atomic E-state index is 12.8. The number of hydrogen-bond acceptors (Lipinski definition) is 2. The predicted octanol–water partition coefficient (Wildman–Crippen LogP) is 2.27. The highest BCUT2D eigenvalue weighted by Crippen LogP contribution is 2.17. The number of hydrogen-bond donors (Lipinski definition) is 0. The van der Waals surface area contributed by atoms with Crippen LogP contribution in [0.4, 0.5) is 17.3 Å². The highest BCUT2D eigenvalue weighted by molar-refractivity contribution is 6.70. The van der Waals surface area contributed by atoms with E-state index in [1.54, 1.807) is 0 Å². The minimum atomic E-state index is -4.98. The van der Waals surface area contributed by atoms with E-state index in [2.05, 4.69) is 4.74 Å². The summed E-state index contributed by atoms with van der Waals surface area (Å²) in [4.78, 5) is 10.1. The van der Waals surface area contributed by atoms with Gasteiger partial charge in [-0.25, -0.2) is 4.79 Å². The third kappa shape index (κ3) is 6.56. The van der Waals surface area contributed by atoms with Gasteiger partial charge in [-0.15, -0.1) is 0 Å². The average molecular weight is 218 g/mol. The molecule has 0 aliphatic rings. The average Bonchev–Trinajstić information content (AvgIpc) is 1.82. The number of carbonyl (C=O) groups excluding carboxylic acids is 1. The Balaban J connectivity index is 3.74. The van der Waals surface area contributed by atoms with E-state index in [0.29, 0.717) is 0 Å². The SMILES string of the molecule is C[Si](C)(F)CCOC(=O)C(F)(F)F. The van der Waals surface area contributed by atoms with E-state index in [0.717, 1.165) is 0 Å². The molecule has 0 unspecified atom stereocenters. The van der Waals surface area contributed by atoms with Crippen LogP contribution < -0.4 is 0 Å². The fourth-order valence-corrected chi connectivity index (χ4v) is 1.06. The highest BCUT2D eigenvalue weighted by Gasteiger charge is 2.41. The van der Waals surface area contributed by atoms with Gasteiger partial charge in [-0.3, -0.25) is 0 Å². The van der Waals surface area contributed by atoms with Gasteiger partial charge < -0.3 is 8.84 Å². The van der Waals surface area contributed by atoms with Crippen molar-refractivity contribution in [2.45, 2.75) is 25.3 Å². The first-order valence-electron chi connectivity index (χ1n) is 3.56. The number of carbonyl (C=O) groups is 1. The molecule has 0 spiro atoms. The zero-order chi connectivity index (χ0) is 10.7. The summed E-state index contributed by atoms with van der Waals surface area (Å²) in [5, 5.41) is 0. The minimum absolute atomic E-state index is 0.116. The van der Waals surface area contributed by atoms with Crippen LogP contribution in [0.2, 0.25) is 19.1 Å². The maximum Gasteiger partial charge on any atom is 0.490 e. The number of ether oxygens (including phenoxy) is 1. The van der Waals surface area contributed by atoms with Crippen molar-refractivity contribution in [1.29, 1.82) is 0 Å². The minimum Gasteiger partial charge on any atom is -0.459 e. The van der Waals surface area contributed by atoms with Gasteiger partial charge in [0, 0.05) is 6.04 Å². The Bertz CT molecular complexity index is 184. The second-order valence-electron chi connectivity index (χ2n) is 3.10. The van der Waals surface area contributed by atoms with E-state index in [1.165, 1.54) is 13.1 Å². The normalized spacial score (nSPS) is 12.8. The van der Waals surface area contributed by atoms with Gasteiger partial charge in [0.05, 0.1) is 6.61 Å². The molecule has 0 heterocycles. The van der Waals surface area contributed by atoms with Crippen molar-refractivity contribution in [2.75, 3.05) is 6.61 Å². The van der Waals surface area contributed by atoms with Crippen LogP contribution in [-0.2, 0) is 9.53 Å². The van der Waals surface area contributed by atoms with Crippen molar-refractivity contribution in [3.05, 3.63) is 0 Å². The summed E-state index contributed by atoms with van der Waals surface area (Å²) in [5.41, 5.74) is 0. The third-order valence-electron chi connectivity index (χ3n) is 1.16. The van der Waals surface area contributed by atoms with Crippen LogP contribution in [0.3, 0.4) is 0 Å². The molecule has 0 saturated heterocycles. The molecule has 7 heteroatoms. The van der Waals surface area contributed by atoms with Gasteiger partial charge in [-0.2, -0.15) is 13.2 Å². The molecule has 0 atom stereocenters. The summed E-state index contributed by atoms with van der Waals surface area (Å²) in [5.74, 6) is -2.26.